The number of guanidine groups is 1. The summed E-state index contributed by atoms with van der Waals surface area (Å²) >= 11 is 0.876. The number of rotatable bonds is 6. The second-order valence-corrected chi connectivity index (χ2v) is 6.17. The molecule has 0 saturated carbocycles. The van der Waals surface area contributed by atoms with Gasteiger partial charge in [0.2, 0.25) is 0 Å². The van der Waals surface area contributed by atoms with Gasteiger partial charge in [0.25, 0.3) is 0 Å². The maximum absolute atomic E-state index is 13.6. The lowest BCUT2D eigenvalue weighted by Crippen LogP contribution is -2.38. The fourth-order valence-corrected chi connectivity index (χ4v) is 2.78. The SMILES string of the molecule is CCNC(=NCc1nc(C(F)(F)F)cs1)NCCc1cc(F)ccc1F. The van der Waals surface area contributed by atoms with E-state index < -0.39 is 23.5 Å². The number of aliphatic imine (C=N–C) groups is 1. The van der Waals surface area contributed by atoms with Crippen molar-refractivity contribution in [2.75, 3.05) is 13.1 Å². The fraction of sp³-hybridized carbons (Fsp3) is 0.375. The van der Waals surface area contributed by atoms with Crippen LogP contribution in [0.1, 0.15) is 23.2 Å². The molecule has 0 aliphatic carbocycles. The molecule has 1 aromatic heterocycles. The number of hydrogen-bond acceptors (Lipinski definition) is 3. The molecule has 0 bridgehead atoms. The van der Waals surface area contributed by atoms with Crippen LogP contribution in [0.2, 0.25) is 0 Å². The third-order valence-corrected chi connectivity index (χ3v) is 4.09. The van der Waals surface area contributed by atoms with E-state index in [4.69, 9.17) is 0 Å². The highest BCUT2D eigenvalue weighted by atomic mass is 32.1. The van der Waals surface area contributed by atoms with Gasteiger partial charge in [0, 0.05) is 18.5 Å². The minimum atomic E-state index is -4.48. The van der Waals surface area contributed by atoms with Crippen molar-refractivity contribution in [3.63, 3.8) is 0 Å². The summed E-state index contributed by atoms with van der Waals surface area (Å²) in [6, 6.07) is 3.22. The Hall–Kier alpha value is -2.23. The topological polar surface area (TPSA) is 49.3 Å². The molecule has 142 valence electrons. The molecule has 1 heterocycles. The Labute approximate surface area is 151 Å². The van der Waals surface area contributed by atoms with E-state index in [2.05, 4.69) is 20.6 Å². The highest BCUT2D eigenvalue weighted by Gasteiger charge is 2.33. The molecule has 0 saturated heterocycles. The molecule has 0 radical (unpaired) electrons. The third-order valence-electron chi connectivity index (χ3n) is 3.25. The summed E-state index contributed by atoms with van der Waals surface area (Å²) in [5, 5.41) is 7.03. The molecule has 2 aromatic rings. The van der Waals surface area contributed by atoms with Crippen molar-refractivity contribution >= 4 is 17.3 Å². The number of benzene rings is 1. The van der Waals surface area contributed by atoms with Gasteiger partial charge < -0.3 is 10.6 Å². The zero-order chi connectivity index (χ0) is 19.2. The van der Waals surface area contributed by atoms with Crippen molar-refractivity contribution in [2.45, 2.75) is 26.1 Å². The van der Waals surface area contributed by atoms with Gasteiger partial charge >= 0.3 is 6.18 Å². The molecular formula is C16H17F5N4S. The van der Waals surface area contributed by atoms with Gasteiger partial charge in [-0.3, -0.25) is 0 Å². The first-order chi connectivity index (χ1) is 12.3. The third kappa shape index (κ3) is 5.94. The highest BCUT2D eigenvalue weighted by Crippen LogP contribution is 2.30. The zero-order valence-corrected chi connectivity index (χ0v) is 14.6. The van der Waals surface area contributed by atoms with Crippen LogP contribution in [-0.4, -0.2) is 24.0 Å². The monoisotopic (exact) mass is 392 g/mol. The van der Waals surface area contributed by atoms with E-state index in [9.17, 15) is 22.0 Å². The zero-order valence-electron chi connectivity index (χ0n) is 13.8. The summed E-state index contributed by atoms with van der Waals surface area (Å²) in [6.45, 7) is 2.61. The van der Waals surface area contributed by atoms with Gasteiger partial charge in [0.15, 0.2) is 11.7 Å². The lowest BCUT2D eigenvalue weighted by Gasteiger charge is -2.11. The maximum atomic E-state index is 13.6. The van der Waals surface area contributed by atoms with E-state index in [0.717, 1.165) is 34.9 Å². The molecule has 4 nitrogen and oxygen atoms in total. The van der Waals surface area contributed by atoms with Gasteiger partial charge in [0.1, 0.15) is 16.6 Å². The van der Waals surface area contributed by atoms with Crippen LogP contribution in [-0.2, 0) is 19.1 Å². The van der Waals surface area contributed by atoms with Crippen LogP contribution in [0.25, 0.3) is 0 Å². The summed E-state index contributed by atoms with van der Waals surface area (Å²) in [6.07, 6.45) is -4.25. The minimum absolute atomic E-state index is 0.0234. The predicted molar refractivity (Wildman–Crippen MR) is 90.0 cm³/mol. The molecule has 0 atom stereocenters. The Kier molecular flexibility index (Phi) is 6.90. The largest absolute Gasteiger partial charge is 0.434 e. The Morgan fingerprint density at radius 3 is 2.65 bits per heavy atom. The quantitative estimate of drug-likeness (QED) is 0.447. The number of nitrogens with one attached hydrogen (secondary N) is 2. The molecule has 0 aliphatic rings. The second kappa shape index (κ2) is 8.93. The number of alkyl halides is 3. The summed E-state index contributed by atoms with van der Waals surface area (Å²) in [7, 11) is 0. The van der Waals surface area contributed by atoms with E-state index in [0.29, 0.717) is 12.5 Å². The van der Waals surface area contributed by atoms with Crippen molar-refractivity contribution in [3.05, 3.63) is 51.5 Å². The molecule has 0 amide bonds. The number of nitrogens with zero attached hydrogens (tertiary/aromatic N) is 2. The number of hydrogen-bond donors (Lipinski definition) is 2. The molecular weight excluding hydrogens is 375 g/mol. The number of thiazole rings is 1. The maximum Gasteiger partial charge on any atom is 0.434 e. The van der Waals surface area contributed by atoms with Crippen LogP contribution in [0.4, 0.5) is 22.0 Å². The van der Waals surface area contributed by atoms with Gasteiger partial charge in [-0.1, -0.05) is 0 Å². The van der Waals surface area contributed by atoms with Gasteiger partial charge in [-0.25, -0.2) is 18.8 Å². The average Bonchev–Trinajstić information content (AvgIpc) is 3.05. The lowest BCUT2D eigenvalue weighted by molar-refractivity contribution is -0.140. The van der Waals surface area contributed by atoms with Crippen LogP contribution in [0, 0.1) is 11.6 Å². The molecule has 26 heavy (non-hydrogen) atoms. The number of aromatic nitrogens is 1. The Morgan fingerprint density at radius 1 is 1.23 bits per heavy atom. The smallest absolute Gasteiger partial charge is 0.357 e. The summed E-state index contributed by atoms with van der Waals surface area (Å²) in [4.78, 5) is 7.66. The van der Waals surface area contributed by atoms with Crippen molar-refractivity contribution < 1.29 is 22.0 Å². The first-order valence-electron chi connectivity index (χ1n) is 7.77. The minimum Gasteiger partial charge on any atom is -0.357 e. The van der Waals surface area contributed by atoms with Gasteiger partial charge in [-0.05, 0) is 37.1 Å². The molecule has 0 fully saturated rings. The molecule has 0 unspecified atom stereocenters. The first-order valence-corrected chi connectivity index (χ1v) is 8.65. The van der Waals surface area contributed by atoms with Crippen LogP contribution < -0.4 is 10.6 Å². The van der Waals surface area contributed by atoms with Gasteiger partial charge in [-0.2, -0.15) is 13.2 Å². The average molecular weight is 392 g/mol. The second-order valence-electron chi connectivity index (χ2n) is 5.23. The van der Waals surface area contributed by atoms with E-state index in [-0.39, 0.29) is 30.1 Å². The number of halogens is 5. The van der Waals surface area contributed by atoms with E-state index >= 15 is 0 Å². The van der Waals surface area contributed by atoms with Crippen LogP contribution in [0.3, 0.4) is 0 Å². The molecule has 1 aromatic carbocycles. The summed E-state index contributed by atoms with van der Waals surface area (Å²) in [5.74, 6) is -0.670. The van der Waals surface area contributed by atoms with Crippen LogP contribution in [0.5, 0.6) is 0 Å². The Morgan fingerprint density at radius 2 is 2.00 bits per heavy atom. The molecule has 2 N–H and O–H groups in total. The van der Waals surface area contributed by atoms with Gasteiger partial charge in [-0.15, -0.1) is 11.3 Å². The molecule has 2 rings (SSSR count). The Bertz CT molecular complexity index is 757. The van der Waals surface area contributed by atoms with E-state index in [1.54, 1.807) is 0 Å². The van der Waals surface area contributed by atoms with Crippen molar-refractivity contribution in [2.24, 2.45) is 4.99 Å². The van der Waals surface area contributed by atoms with Crippen molar-refractivity contribution in [1.29, 1.82) is 0 Å². The van der Waals surface area contributed by atoms with Crippen molar-refractivity contribution in [3.8, 4) is 0 Å². The van der Waals surface area contributed by atoms with Crippen LogP contribution >= 0.6 is 11.3 Å². The van der Waals surface area contributed by atoms with E-state index in [1.165, 1.54) is 0 Å². The van der Waals surface area contributed by atoms with Gasteiger partial charge in [0.05, 0.1) is 6.54 Å². The Balaban J connectivity index is 1.94. The lowest BCUT2D eigenvalue weighted by atomic mass is 10.1. The van der Waals surface area contributed by atoms with Crippen LogP contribution in [0.15, 0.2) is 28.6 Å². The molecule has 0 spiro atoms. The predicted octanol–water partition coefficient (Wildman–Crippen LogP) is 3.74. The summed E-state index contributed by atoms with van der Waals surface area (Å²) < 4.78 is 64.3. The highest BCUT2D eigenvalue weighted by molar-refractivity contribution is 7.09. The van der Waals surface area contributed by atoms with Crippen molar-refractivity contribution in [1.82, 2.24) is 15.6 Å². The standard InChI is InChI=1S/C16H17F5N4S/c1-2-22-15(23-6-5-10-7-11(17)3-4-12(10)18)24-8-14-25-13(9-26-14)16(19,20)21/h3-4,7,9H,2,5-6,8H2,1H3,(H2,22,23,24). The summed E-state index contributed by atoms with van der Waals surface area (Å²) in [5.41, 5.74) is -0.713. The fourth-order valence-electron chi connectivity index (χ4n) is 2.05. The molecule has 0 aliphatic heterocycles. The molecule has 10 heteroatoms. The first kappa shape index (κ1) is 20.1. The normalized spacial score (nSPS) is 12.3. The van der Waals surface area contributed by atoms with E-state index in [1.807, 2.05) is 6.92 Å².